The number of nitrogens with two attached hydrogens (primary N) is 2. The lowest BCUT2D eigenvalue weighted by atomic mass is 9.79. The Hall–Kier alpha value is -4.07. The normalized spacial score (nSPS) is 28.2. The second-order valence-corrected chi connectivity index (χ2v) is 12.2. The van der Waals surface area contributed by atoms with Gasteiger partial charge in [-0.2, -0.15) is 0 Å². The zero-order valence-electron chi connectivity index (χ0n) is 23.1. The second kappa shape index (κ2) is 9.75. The van der Waals surface area contributed by atoms with Crippen LogP contribution in [0.2, 0.25) is 5.02 Å². The Labute approximate surface area is 247 Å². The van der Waals surface area contributed by atoms with Crippen LogP contribution in [0.1, 0.15) is 46.5 Å². The van der Waals surface area contributed by atoms with Gasteiger partial charge < -0.3 is 31.3 Å². The summed E-state index contributed by atoms with van der Waals surface area (Å²) in [6.45, 7) is 4.54. The summed E-state index contributed by atoms with van der Waals surface area (Å²) >= 11 is 6.02. The van der Waals surface area contributed by atoms with Crippen molar-refractivity contribution in [2.75, 3.05) is 19.7 Å². The fraction of sp³-hybridized carbons (Fsp3) is 0.429. The van der Waals surface area contributed by atoms with Gasteiger partial charge in [-0.3, -0.25) is 25.2 Å². The summed E-state index contributed by atoms with van der Waals surface area (Å²) < 4.78 is 5.90. The van der Waals surface area contributed by atoms with E-state index >= 15 is 0 Å². The van der Waals surface area contributed by atoms with Crippen molar-refractivity contribution in [3.63, 3.8) is 0 Å². The SMILES string of the molecule is CC1(C)CCOc2c(C(=O)NC3CN4C(N)=N[C@@H](CNC(=O)c5cccc(Cl)c5)[C@@H]5[NH+]=C(N)N[C@@]54C3(O)O)cccc21. The molecule has 1 spiro atoms. The number of benzene rings is 2. The molecule has 2 amide bonds. The van der Waals surface area contributed by atoms with Gasteiger partial charge in [-0.15, -0.1) is 0 Å². The maximum absolute atomic E-state index is 13.6. The summed E-state index contributed by atoms with van der Waals surface area (Å²) in [5.41, 5.74) is 12.2. The topological polar surface area (TPSA) is 202 Å². The number of ether oxygens (including phenoxy) is 1. The Kier molecular flexibility index (Phi) is 6.52. The van der Waals surface area contributed by atoms with E-state index in [0.717, 1.165) is 12.0 Å². The third kappa shape index (κ3) is 4.22. The van der Waals surface area contributed by atoms with Gasteiger partial charge in [-0.1, -0.05) is 43.6 Å². The van der Waals surface area contributed by atoms with Crippen molar-refractivity contribution in [1.29, 1.82) is 0 Å². The summed E-state index contributed by atoms with van der Waals surface area (Å²) in [5, 5.41) is 32.5. The summed E-state index contributed by atoms with van der Waals surface area (Å²) in [5.74, 6) is -2.98. The van der Waals surface area contributed by atoms with Gasteiger partial charge in [0.2, 0.25) is 5.79 Å². The Balaban J connectivity index is 1.26. The van der Waals surface area contributed by atoms with Crippen LogP contribution in [0.25, 0.3) is 0 Å². The number of aliphatic imine (C=N–C) groups is 1. The molecule has 1 saturated heterocycles. The number of hydrogen-bond acceptors (Lipinski definition) is 10. The average Bonchev–Trinajstić information content (AvgIpc) is 3.40. The first kappa shape index (κ1) is 28.1. The second-order valence-electron chi connectivity index (χ2n) is 11.7. The van der Waals surface area contributed by atoms with Gasteiger partial charge in [0.15, 0.2) is 12.0 Å². The molecule has 1 fully saturated rings. The molecule has 6 rings (SSSR count). The van der Waals surface area contributed by atoms with Crippen molar-refractivity contribution < 1.29 is 29.5 Å². The molecule has 0 aromatic heterocycles. The minimum absolute atomic E-state index is 0.00928. The number of guanidine groups is 2. The van der Waals surface area contributed by atoms with Gasteiger partial charge in [-0.05, 0) is 36.1 Å². The molecule has 10 N–H and O–H groups in total. The number of fused-ring (bicyclic) bond motifs is 1. The van der Waals surface area contributed by atoms with Gasteiger partial charge >= 0.3 is 5.96 Å². The van der Waals surface area contributed by atoms with Crippen LogP contribution in [0.5, 0.6) is 5.75 Å². The molecule has 0 bridgehead atoms. The van der Waals surface area contributed by atoms with E-state index in [9.17, 15) is 19.8 Å². The summed E-state index contributed by atoms with van der Waals surface area (Å²) in [6.07, 6.45) is 0.804. The van der Waals surface area contributed by atoms with Crippen molar-refractivity contribution in [1.82, 2.24) is 20.9 Å². The fourth-order valence-electron chi connectivity index (χ4n) is 6.45. The molecule has 0 radical (unpaired) electrons. The Morgan fingerprint density at radius 1 is 1.21 bits per heavy atom. The molecule has 222 valence electrons. The predicted molar refractivity (Wildman–Crippen MR) is 154 cm³/mol. The highest BCUT2D eigenvalue weighted by Gasteiger charge is 2.76. The van der Waals surface area contributed by atoms with Crippen LogP contribution in [-0.4, -0.2) is 88.1 Å². The molecule has 0 saturated carbocycles. The summed E-state index contributed by atoms with van der Waals surface area (Å²) in [6, 6.07) is 9.01. The number of nitrogens with zero attached hydrogens (tertiary/aromatic N) is 2. The molecule has 42 heavy (non-hydrogen) atoms. The van der Waals surface area contributed by atoms with E-state index in [1.54, 1.807) is 30.3 Å². The van der Waals surface area contributed by atoms with Crippen LogP contribution >= 0.6 is 11.6 Å². The highest BCUT2D eigenvalue weighted by molar-refractivity contribution is 6.31. The minimum Gasteiger partial charge on any atom is -0.492 e. The molecule has 1 unspecified atom stereocenters. The van der Waals surface area contributed by atoms with E-state index in [1.165, 1.54) is 11.0 Å². The van der Waals surface area contributed by atoms with Crippen LogP contribution in [0, 0.1) is 0 Å². The molecule has 4 atom stereocenters. The van der Waals surface area contributed by atoms with Crippen LogP contribution in [0.3, 0.4) is 0 Å². The van der Waals surface area contributed by atoms with Gasteiger partial charge in [0, 0.05) is 22.7 Å². The smallest absolute Gasteiger partial charge is 0.343 e. The summed E-state index contributed by atoms with van der Waals surface area (Å²) in [4.78, 5) is 35.4. The average molecular weight is 598 g/mol. The first-order chi connectivity index (χ1) is 19.8. The number of para-hydroxylation sites is 1. The largest absolute Gasteiger partial charge is 0.492 e. The molecule has 4 heterocycles. The standard InChI is InChI=1S/C28H33ClN8O5/c1-26(2)9-10-42-20-16(7-4-8-17(20)26)23(39)34-19-13-37-25(31)33-18(12-32-22(38)14-5-3-6-15(29)11-14)21-27(37,28(19,40)41)36-24(30)35-21/h3-8,11,18-19,21,40-41H,9-10,12-13H2,1-2H3,(H2,31,33)(H,32,38)(H,34,39)(H3,30,35,36)/p+1/t18-,19?,21-,27-/m0/s1. The number of aliphatic hydroxyl groups is 2. The van der Waals surface area contributed by atoms with Crippen molar-refractivity contribution in [2.24, 2.45) is 16.5 Å². The fourth-order valence-corrected chi connectivity index (χ4v) is 6.64. The van der Waals surface area contributed by atoms with E-state index in [-0.39, 0.29) is 30.4 Å². The molecule has 2 aromatic carbocycles. The molecular formula is C28H34ClN8O5+. The van der Waals surface area contributed by atoms with Gasteiger partial charge in [0.25, 0.3) is 17.5 Å². The van der Waals surface area contributed by atoms with E-state index in [1.807, 2.05) is 6.07 Å². The van der Waals surface area contributed by atoms with Gasteiger partial charge in [-0.25, -0.2) is 10.3 Å². The first-order valence-corrected chi connectivity index (χ1v) is 14.1. The lowest BCUT2D eigenvalue weighted by Crippen LogP contribution is -2.90. The highest BCUT2D eigenvalue weighted by Crippen LogP contribution is 2.43. The maximum atomic E-state index is 13.6. The van der Waals surface area contributed by atoms with Crippen molar-refractivity contribution in [3.05, 3.63) is 64.2 Å². The van der Waals surface area contributed by atoms with Gasteiger partial charge in [0.05, 0.1) is 18.7 Å². The van der Waals surface area contributed by atoms with Crippen LogP contribution in [-0.2, 0) is 5.41 Å². The third-order valence-electron chi connectivity index (χ3n) is 8.71. The van der Waals surface area contributed by atoms with E-state index in [0.29, 0.717) is 28.5 Å². The zero-order valence-corrected chi connectivity index (χ0v) is 23.9. The lowest BCUT2D eigenvalue weighted by Gasteiger charge is -2.46. The Morgan fingerprint density at radius 3 is 2.74 bits per heavy atom. The number of hydrogen-bond donors (Lipinski definition) is 8. The molecule has 2 aromatic rings. The van der Waals surface area contributed by atoms with Crippen LogP contribution in [0.4, 0.5) is 0 Å². The molecule has 4 aliphatic rings. The van der Waals surface area contributed by atoms with Crippen molar-refractivity contribution >= 4 is 35.3 Å². The van der Waals surface area contributed by atoms with Crippen LogP contribution in [0.15, 0.2) is 47.5 Å². The number of carbonyl (C=O) groups excluding carboxylic acids is 2. The highest BCUT2D eigenvalue weighted by atomic mass is 35.5. The van der Waals surface area contributed by atoms with Crippen LogP contribution < -0.4 is 37.1 Å². The monoisotopic (exact) mass is 597 g/mol. The quantitative estimate of drug-likeness (QED) is 0.174. The minimum atomic E-state index is -2.59. The first-order valence-electron chi connectivity index (χ1n) is 13.7. The van der Waals surface area contributed by atoms with Gasteiger partial charge in [0.1, 0.15) is 17.8 Å². The van der Waals surface area contributed by atoms with E-state index < -0.39 is 41.4 Å². The molecular weight excluding hydrogens is 564 g/mol. The molecule has 0 aliphatic carbocycles. The summed E-state index contributed by atoms with van der Waals surface area (Å²) in [7, 11) is 0. The van der Waals surface area contributed by atoms with E-state index in [4.69, 9.17) is 27.8 Å². The maximum Gasteiger partial charge on any atom is 0.343 e. The predicted octanol–water partition coefficient (Wildman–Crippen LogP) is -2.31. The number of nitrogens with one attached hydrogen (secondary N) is 4. The molecule has 4 aliphatic heterocycles. The lowest BCUT2D eigenvalue weighted by molar-refractivity contribution is -0.521. The molecule has 13 nitrogen and oxygen atoms in total. The third-order valence-corrected chi connectivity index (χ3v) is 8.94. The number of rotatable bonds is 5. The molecule has 14 heteroatoms. The zero-order chi connectivity index (χ0) is 30.0. The van der Waals surface area contributed by atoms with Crippen molar-refractivity contribution in [2.45, 2.75) is 55.3 Å². The number of halogens is 1. The Morgan fingerprint density at radius 2 is 1.98 bits per heavy atom. The number of amides is 2. The van der Waals surface area contributed by atoms with E-state index in [2.05, 4.69) is 39.8 Å². The van der Waals surface area contributed by atoms with Crippen molar-refractivity contribution in [3.8, 4) is 5.75 Å². The number of carbonyl (C=O) groups is 2. The Bertz CT molecular complexity index is 1530.